The van der Waals surface area contributed by atoms with Gasteiger partial charge in [-0.2, -0.15) is 0 Å². The lowest BCUT2D eigenvalue weighted by Gasteiger charge is -2.14. The molecule has 4 aromatic rings. The minimum atomic E-state index is -0.399. The number of benzene rings is 3. The van der Waals surface area contributed by atoms with Gasteiger partial charge in [0.2, 0.25) is 0 Å². The van der Waals surface area contributed by atoms with Gasteiger partial charge in [0.1, 0.15) is 17.2 Å². The molecule has 7 nitrogen and oxygen atoms in total. The van der Waals surface area contributed by atoms with Crippen LogP contribution in [0.3, 0.4) is 0 Å². The second kappa shape index (κ2) is 10.0. The van der Waals surface area contributed by atoms with Gasteiger partial charge in [0, 0.05) is 35.3 Å². The Hall–Kier alpha value is -4.39. The minimum Gasteiger partial charge on any atom is -0.497 e. The van der Waals surface area contributed by atoms with E-state index in [1.807, 2.05) is 31.2 Å². The molecule has 1 N–H and O–H groups in total. The smallest absolute Gasteiger partial charge is 0.337 e. The Morgan fingerprint density at radius 1 is 0.941 bits per heavy atom. The molecule has 0 aliphatic carbocycles. The highest BCUT2D eigenvalue weighted by atomic mass is 16.5. The number of nitrogens with one attached hydrogen (secondary N) is 1. The van der Waals surface area contributed by atoms with Crippen LogP contribution in [0.5, 0.6) is 17.2 Å². The average molecular weight is 456 g/mol. The number of amides is 1. The highest BCUT2D eigenvalue weighted by Crippen LogP contribution is 2.33. The molecule has 0 aliphatic heterocycles. The average Bonchev–Trinajstić information content (AvgIpc) is 2.88. The summed E-state index contributed by atoms with van der Waals surface area (Å²) < 4.78 is 16.2. The molecule has 0 atom stereocenters. The minimum absolute atomic E-state index is 0.218. The van der Waals surface area contributed by atoms with Crippen LogP contribution in [-0.2, 0) is 11.3 Å². The molecule has 7 heteroatoms. The summed E-state index contributed by atoms with van der Waals surface area (Å²) in [5.74, 6) is 1.32. The van der Waals surface area contributed by atoms with E-state index in [1.54, 1.807) is 55.8 Å². The first-order chi connectivity index (χ1) is 16.5. The number of pyridine rings is 1. The molecule has 4 rings (SSSR count). The maximum Gasteiger partial charge on any atom is 0.337 e. The Labute approximate surface area is 197 Å². The summed E-state index contributed by atoms with van der Waals surface area (Å²) >= 11 is 0. The predicted octanol–water partition coefficient (Wildman–Crippen LogP) is 5.06. The molecule has 0 radical (unpaired) electrons. The fourth-order valence-electron chi connectivity index (χ4n) is 3.56. The molecule has 1 amide bonds. The van der Waals surface area contributed by atoms with E-state index in [2.05, 4.69) is 10.3 Å². The van der Waals surface area contributed by atoms with Crippen molar-refractivity contribution in [3.05, 3.63) is 95.2 Å². The van der Waals surface area contributed by atoms with Gasteiger partial charge in [-0.1, -0.05) is 18.2 Å². The number of nitrogens with zero attached hydrogens (tertiary/aromatic N) is 1. The van der Waals surface area contributed by atoms with Gasteiger partial charge in [0.05, 0.1) is 25.3 Å². The van der Waals surface area contributed by atoms with Gasteiger partial charge in [-0.3, -0.25) is 9.78 Å². The maximum absolute atomic E-state index is 12.9. The van der Waals surface area contributed by atoms with E-state index in [9.17, 15) is 9.59 Å². The summed E-state index contributed by atoms with van der Waals surface area (Å²) in [7, 11) is 2.95. The first-order valence-electron chi connectivity index (χ1n) is 10.7. The van der Waals surface area contributed by atoms with Crippen LogP contribution in [0.1, 0.15) is 31.8 Å². The first-order valence-corrected chi connectivity index (χ1v) is 10.7. The Morgan fingerprint density at radius 3 is 2.47 bits per heavy atom. The monoisotopic (exact) mass is 456 g/mol. The lowest BCUT2D eigenvalue weighted by Crippen LogP contribution is -2.23. The van der Waals surface area contributed by atoms with Crippen LogP contribution in [-0.4, -0.2) is 31.1 Å². The zero-order chi connectivity index (χ0) is 24.1. The largest absolute Gasteiger partial charge is 0.497 e. The summed E-state index contributed by atoms with van der Waals surface area (Å²) in [6.07, 6.45) is 1.68. The Morgan fingerprint density at radius 2 is 1.74 bits per heavy atom. The van der Waals surface area contributed by atoms with Crippen LogP contribution in [0.2, 0.25) is 0 Å². The molecule has 0 spiro atoms. The Balaban J connectivity index is 1.50. The highest BCUT2D eigenvalue weighted by molar-refractivity contribution is 5.96. The van der Waals surface area contributed by atoms with Crippen molar-refractivity contribution in [1.82, 2.24) is 10.3 Å². The number of hydrogen-bond acceptors (Lipinski definition) is 6. The van der Waals surface area contributed by atoms with E-state index < -0.39 is 5.97 Å². The van der Waals surface area contributed by atoms with Crippen molar-refractivity contribution in [2.75, 3.05) is 14.2 Å². The molecule has 0 saturated carbocycles. The van der Waals surface area contributed by atoms with Crippen LogP contribution in [0.15, 0.2) is 72.9 Å². The maximum atomic E-state index is 12.9. The third-order valence-corrected chi connectivity index (χ3v) is 5.49. The lowest BCUT2D eigenvalue weighted by atomic mass is 10.1. The normalized spacial score (nSPS) is 10.6. The lowest BCUT2D eigenvalue weighted by molar-refractivity contribution is 0.0600. The molecule has 0 saturated heterocycles. The molecule has 34 heavy (non-hydrogen) atoms. The van der Waals surface area contributed by atoms with Crippen molar-refractivity contribution < 1.29 is 23.8 Å². The molecule has 3 aromatic carbocycles. The van der Waals surface area contributed by atoms with E-state index >= 15 is 0 Å². The predicted molar refractivity (Wildman–Crippen MR) is 128 cm³/mol. The van der Waals surface area contributed by atoms with Gasteiger partial charge < -0.3 is 19.5 Å². The number of rotatable bonds is 7. The second-order valence-corrected chi connectivity index (χ2v) is 7.59. The van der Waals surface area contributed by atoms with E-state index in [0.29, 0.717) is 34.9 Å². The molecule has 1 aromatic heterocycles. The Kier molecular flexibility index (Phi) is 6.73. The van der Waals surface area contributed by atoms with Gasteiger partial charge in [0.25, 0.3) is 5.91 Å². The van der Waals surface area contributed by atoms with E-state index in [-0.39, 0.29) is 5.91 Å². The summed E-state index contributed by atoms with van der Waals surface area (Å²) in [5.41, 5.74) is 3.31. The zero-order valence-corrected chi connectivity index (χ0v) is 19.1. The van der Waals surface area contributed by atoms with Crippen molar-refractivity contribution in [3.8, 4) is 17.2 Å². The van der Waals surface area contributed by atoms with Gasteiger partial charge in [-0.25, -0.2) is 4.79 Å². The molecule has 172 valence electrons. The zero-order valence-electron chi connectivity index (χ0n) is 19.1. The van der Waals surface area contributed by atoms with Crippen molar-refractivity contribution in [1.29, 1.82) is 0 Å². The van der Waals surface area contributed by atoms with Crippen LogP contribution in [0.25, 0.3) is 10.9 Å². The van der Waals surface area contributed by atoms with Crippen LogP contribution in [0.4, 0.5) is 0 Å². The van der Waals surface area contributed by atoms with E-state index in [4.69, 9.17) is 14.2 Å². The highest BCUT2D eigenvalue weighted by Gasteiger charge is 2.14. The molecule has 0 aliphatic rings. The number of carbonyl (C=O) groups is 2. The second-order valence-electron chi connectivity index (χ2n) is 7.59. The molecular weight excluding hydrogens is 432 g/mol. The molecular formula is C27H24N2O5. The summed E-state index contributed by atoms with van der Waals surface area (Å²) in [5, 5.41) is 3.76. The topological polar surface area (TPSA) is 86.8 Å². The molecule has 1 heterocycles. The number of aromatic nitrogens is 1. The number of esters is 1. The summed E-state index contributed by atoms with van der Waals surface area (Å²) in [6, 6.07) is 19.7. The number of fused-ring (bicyclic) bond motifs is 1. The fourth-order valence-corrected chi connectivity index (χ4v) is 3.56. The third kappa shape index (κ3) is 4.83. The fraction of sp³-hybridized carbons (Fsp3) is 0.148. The number of hydrogen-bond donors (Lipinski definition) is 1. The SMILES string of the molecule is COC(=O)c1ccc(CNC(=O)c2cccc(Oc3ccnc4cc(OC)ccc34)c2C)cc1. The van der Waals surface area contributed by atoms with Gasteiger partial charge in [-0.15, -0.1) is 0 Å². The first kappa shape index (κ1) is 22.8. The van der Waals surface area contributed by atoms with E-state index in [0.717, 1.165) is 22.0 Å². The van der Waals surface area contributed by atoms with E-state index in [1.165, 1.54) is 7.11 Å². The number of methoxy groups -OCH3 is 2. The Bertz CT molecular complexity index is 1350. The van der Waals surface area contributed by atoms with Gasteiger partial charge in [-0.05, 0) is 55.0 Å². The van der Waals surface area contributed by atoms with Crippen LogP contribution < -0.4 is 14.8 Å². The molecule has 0 fully saturated rings. The van der Waals surface area contributed by atoms with Crippen molar-refractivity contribution in [2.24, 2.45) is 0 Å². The van der Waals surface area contributed by atoms with Gasteiger partial charge >= 0.3 is 5.97 Å². The molecule has 0 bridgehead atoms. The van der Waals surface area contributed by atoms with Crippen molar-refractivity contribution in [2.45, 2.75) is 13.5 Å². The standard InChI is InChI=1S/C27H24N2O5/c1-17-21(26(30)29-16-18-7-9-19(10-8-18)27(31)33-3)5-4-6-24(17)34-25-13-14-28-23-15-20(32-2)11-12-22(23)25/h4-15H,16H2,1-3H3,(H,29,30). The quantitative estimate of drug-likeness (QED) is 0.391. The van der Waals surface area contributed by atoms with Crippen molar-refractivity contribution >= 4 is 22.8 Å². The third-order valence-electron chi connectivity index (χ3n) is 5.49. The molecule has 0 unspecified atom stereocenters. The summed E-state index contributed by atoms with van der Waals surface area (Å²) in [4.78, 5) is 28.8. The van der Waals surface area contributed by atoms with Crippen LogP contribution >= 0.6 is 0 Å². The van der Waals surface area contributed by atoms with Crippen LogP contribution in [0, 0.1) is 6.92 Å². The van der Waals surface area contributed by atoms with Crippen molar-refractivity contribution in [3.63, 3.8) is 0 Å². The summed E-state index contributed by atoms with van der Waals surface area (Å²) in [6.45, 7) is 2.17. The van der Waals surface area contributed by atoms with Gasteiger partial charge in [0.15, 0.2) is 0 Å². The number of carbonyl (C=O) groups excluding carboxylic acids is 2. The number of ether oxygens (including phenoxy) is 3.